The van der Waals surface area contributed by atoms with E-state index in [1.807, 2.05) is 6.20 Å². The maximum absolute atomic E-state index is 14.3. The van der Waals surface area contributed by atoms with Gasteiger partial charge < -0.3 is 23.6 Å². The van der Waals surface area contributed by atoms with Gasteiger partial charge in [-0.05, 0) is 71.6 Å². The third kappa shape index (κ3) is 7.08. The van der Waals surface area contributed by atoms with E-state index in [0.717, 1.165) is 19.3 Å². The molecule has 0 radical (unpaired) electrons. The first-order valence-electron chi connectivity index (χ1n) is 15.4. The van der Waals surface area contributed by atoms with Crippen LogP contribution in [0.15, 0.2) is 23.9 Å². The van der Waals surface area contributed by atoms with Gasteiger partial charge in [0.15, 0.2) is 14.1 Å². The molecule has 3 rings (SSSR count). The van der Waals surface area contributed by atoms with Gasteiger partial charge in [-0.25, -0.2) is 4.79 Å². The summed E-state index contributed by atoms with van der Waals surface area (Å²) in [5.74, 6) is 1.13. The topological polar surface area (TPSA) is 97.3 Å². The highest BCUT2D eigenvalue weighted by Crippen LogP contribution is 2.47. The Morgan fingerprint density at radius 3 is 2.05 bits per heavy atom. The molecule has 1 heterocycles. The molecule has 8 nitrogen and oxygen atoms in total. The molecule has 2 aliphatic rings. The van der Waals surface area contributed by atoms with Crippen LogP contribution in [-0.4, -0.2) is 58.4 Å². The number of anilines is 1. The van der Waals surface area contributed by atoms with Crippen LogP contribution in [0.3, 0.4) is 0 Å². The van der Waals surface area contributed by atoms with Gasteiger partial charge in [-0.2, -0.15) is 0 Å². The molecule has 42 heavy (non-hydrogen) atoms. The Hall–Kier alpha value is -2.31. The van der Waals surface area contributed by atoms with Crippen LogP contribution in [-0.2, 0) is 4.43 Å². The van der Waals surface area contributed by atoms with Crippen molar-refractivity contribution < 1.29 is 28.3 Å². The lowest BCUT2D eigenvalue weighted by atomic mass is 10.1. The van der Waals surface area contributed by atoms with Crippen molar-refractivity contribution in [3.05, 3.63) is 29.5 Å². The van der Waals surface area contributed by atoms with Crippen molar-refractivity contribution in [2.75, 3.05) is 19.0 Å². The van der Waals surface area contributed by atoms with Crippen LogP contribution in [0.25, 0.3) is 0 Å². The summed E-state index contributed by atoms with van der Waals surface area (Å²) < 4.78 is 19.3. The zero-order valence-corrected chi connectivity index (χ0v) is 29.9. The Bertz CT molecular complexity index is 1160. The summed E-state index contributed by atoms with van der Waals surface area (Å²) in [5, 5.41) is 12.3. The molecule has 10 heteroatoms. The lowest BCUT2D eigenvalue weighted by Gasteiger charge is -2.42. The van der Waals surface area contributed by atoms with Gasteiger partial charge in [0, 0.05) is 12.3 Å². The predicted octanol–water partition coefficient (Wildman–Crippen LogP) is 8.87. The Kier molecular flexibility index (Phi) is 10.4. The summed E-state index contributed by atoms with van der Waals surface area (Å²) in [6.45, 7) is 24.7. The Morgan fingerprint density at radius 1 is 1.02 bits per heavy atom. The van der Waals surface area contributed by atoms with Gasteiger partial charge in [0.2, 0.25) is 0 Å². The molecule has 2 N–H and O–H groups in total. The first-order chi connectivity index (χ1) is 19.4. The van der Waals surface area contributed by atoms with Gasteiger partial charge in [-0.1, -0.05) is 62.3 Å². The fourth-order valence-corrected chi connectivity index (χ4v) is 12.5. The first-order valence-corrected chi connectivity index (χ1v) is 20.5. The molecule has 1 aliphatic carbocycles. The zero-order chi connectivity index (χ0) is 31.8. The molecule has 1 aromatic rings. The van der Waals surface area contributed by atoms with Crippen molar-refractivity contribution in [2.24, 2.45) is 5.92 Å². The highest BCUT2D eigenvalue weighted by molar-refractivity contribution is 6.78. The van der Waals surface area contributed by atoms with E-state index < -0.39 is 22.7 Å². The van der Waals surface area contributed by atoms with Crippen LogP contribution in [0.2, 0.25) is 34.8 Å². The summed E-state index contributed by atoms with van der Waals surface area (Å²) in [4.78, 5) is 28.0. The average molecular weight is 619 g/mol. The second kappa shape index (κ2) is 12.7. The molecule has 1 aliphatic heterocycles. The summed E-state index contributed by atoms with van der Waals surface area (Å²) in [7, 11) is -2.87. The summed E-state index contributed by atoms with van der Waals surface area (Å²) in [6.07, 6.45) is 3.80. The maximum atomic E-state index is 14.3. The van der Waals surface area contributed by atoms with Gasteiger partial charge in [0.1, 0.15) is 5.75 Å². The molecule has 1 fully saturated rings. The van der Waals surface area contributed by atoms with Crippen molar-refractivity contribution in [2.45, 2.75) is 122 Å². The molecule has 0 saturated heterocycles. The lowest BCUT2D eigenvalue weighted by molar-refractivity contribution is 0.0738. The van der Waals surface area contributed by atoms with Crippen LogP contribution in [0.4, 0.5) is 10.5 Å². The van der Waals surface area contributed by atoms with E-state index in [-0.39, 0.29) is 28.2 Å². The van der Waals surface area contributed by atoms with Gasteiger partial charge in [-0.15, -0.1) is 0 Å². The molecular weight excluding hydrogens is 565 g/mol. The zero-order valence-electron chi connectivity index (χ0n) is 27.9. The highest BCUT2D eigenvalue weighted by atomic mass is 28.4. The molecule has 0 spiro atoms. The third-order valence-corrected chi connectivity index (χ3v) is 20.2. The monoisotopic (exact) mass is 618 g/mol. The van der Waals surface area contributed by atoms with Crippen LogP contribution in [0.1, 0.15) is 91.9 Å². The number of nitrogens with zero attached hydrogens (tertiary/aromatic N) is 1. The summed E-state index contributed by atoms with van der Waals surface area (Å²) in [6, 6.07) is 3.12. The molecule has 1 atom stereocenters. The quantitative estimate of drug-likeness (QED) is 0.227. The van der Waals surface area contributed by atoms with Crippen molar-refractivity contribution >= 4 is 34.3 Å². The van der Waals surface area contributed by atoms with E-state index in [9.17, 15) is 14.7 Å². The van der Waals surface area contributed by atoms with E-state index >= 15 is 0 Å². The fourth-order valence-electron chi connectivity index (χ4n) is 6.20. The van der Waals surface area contributed by atoms with Crippen LogP contribution in [0, 0.1) is 5.92 Å². The number of carbonyl (C=O) groups is 2. The van der Waals surface area contributed by atoms with E-state index in [0.29, 0.717) is 40.6 Å². The maximum Gasteiger partial charge on any atom is 0.409 e. The summed E-state index contributed by atoms with van der Waals surface area (Å²) >= 11 is 0. The molecular formula is C32H54N2O6Si2. The van der Waals surface area contributed by atoms with Gasteiger partial charge in [0.25, 0.3) is 14.2 Å². The van der Waals surface area contributed by atoms with Crippen molar-refractivity contribution in [3.8, 4) is 11.5 Å². The smallest absolute Gasteiger partial charge is 0.409 e. The van der Waals surface area contributed by atoms with E-state index in [1.54, 1.807) is 24.1 Å². The average Bonchev–Trinajstić information content (AvgIpc) is 3.63. The van der Waals surface area contributed by atoms with Gasteiger partial charge >= 0.3 is 6.09 Å². The minimum Gasteiger partial charge on any atom is -0.540 e. The van der Waals surface area contributed by atoms with Crippen LogP contribution < -0.4 is 14.5 Å². The number of benzene rings is 1. The number of hydrogen-bond donors (Lipinski definition) is 2. The number of carboxylic acid groups (broad SMARTS) is 1. The second-order valence-corrected chi connectivity index (χ2v) is 24.7. The van der Waals surface area contributed by atoms with Gasteiger partial charge in [-0.3, -0.25) is 10.1 Å². The minimum atomic E-state index is -2.39. The lowest BCUT2D eigenvalue weighted by Crippen LogP contribution is -2.50. The molecule has 0 bridgehead atoms. The van der Waals surface area contributed by atoms with Crippen LogP contribution in [0.5, 0.6) is 11.5 Å². The largest absolute Gasteiger partial charge is 0.540 e. The van der Waals surface area contributed by atoms with Crippen molar-refractivity contribution in [1.29, 1.82) is 0 Å². The summed E-state index contributed by atoms with van der Waals surface area (Å²) in [5.41, 5.74) is 2.61. The van der Waals surface area contributed by atoms with Crippen molar-refractivity contribution in [1.82, 2.24) is 4.90 Å². The molecule has 2 amide bonds. The van der Waals surface area contributed by atoms with Crippen molar-refractivity contribution in [3.63, 3.8) is 0 Å². The SMILES string of the molecule is COc1cc(C(=O)N2C=C(C3CC3)C[C@H]2CO[Si](C)(C)C(C)(C)C)c(NC(=O)O)cc1O[Si](C(C)C)(C(C)C)C(C)C. The van der Waals surface area contributed by atoms with E-state index in [2.05, 4.69) is 80.7 Å². The number of ether oxygens (including phenoxy) is 1. The standard InChI is InChI=1S/C32H54N2O6Si2/c1-20(2)42(21(3)4,22(5)6)40-29-17-27(33-31(36)37)26(16-28(29)38-10)30(35)34-18-24(23-13-14-23)15-25(34)19-39-41(11,12)32(7,8)9/h16-18,20-23,25,33H,13-15,19H2,1-12H3,(H,36,37)/t25-/m0/s1. The molecule has 1 saturated carbocycles. The molecule has 0 unspecified atom stereocenters. The number of rotatable bonds is 12. The minimum absolute atomic E-state index is 0.0511. The number of hydrogen-bond acceptors (Lipinski definition) is 5. The predicted molar refractivity (Wildman–Crippen MR) is 175 cm³/mol. The molecule has 1 aromatic carbocycles. The molecule has 236 valence electrons. The molecule has 0 aromatic heterocycles. The van der Waals surface area contributed by atoms with E-state index in [4.69, 9.17) is 13.6 Å². The van der Waals surface area contributed by atoms with Gasteiger partial charge in [0.05, 0.1) is 31.0 Å². The Balaban J connectivity index is 2.06. The highest BCUT2D eigenvalue weighted by Gasteiger charge is 2.48. The second-order valence-electron chi connectivity index (χ2n) is 14.5. The number of carbonyl (C=O) groups excluding carboxylic acids is 1. The third-order valence-electron chi connectivity index (χ3n) is 9.72. The number of nitrogens with one attached hydrogen (secondary N) is 1. The number of methoxy groups -OCH3 is 1. The number of amides is 2. The Morgan fingerprint density at radius 2 is 1.60 bits per heavy atom. The first kappa shape index (κ1) is 34.2. The van der Waals surface area contributed by atoms with Crippen LogP contribution >= 0.6 is 0 Å². The Labute approximate surface area is 255 Å². The van der Waals surface area contributed by atoms with E-state index in [1.165, 1.54) is 5.57 Å². The normalized spacial score (nSPS) is 18.1. The fraction of sp³-hybridized carbons (Fsp3) is 0.688.